The van der Waals surface area contributed by atoms with Crippen molar-refractivity contribution in [3.63, 3.8) is 0 Å². The summed E-state index contributed by atoms with van der Waals surface area (Å²) in [6.07, 6.45) is 9.13. The van der Waals surface area contributed by atoms with E-state index in [1.807, 2.05) is 24.3 Å². The molecule has 0 aliphatic rings. The fourth-order valence-electron chi connectivity index (χ4n) is 2.65. The third kappa shape index (κ3) is 4.86. The van der Waals surface area contributed by atoms with Gasteiger partial charge in [-0.15, -0.1) is 0 Å². The lowest BCUT2D eigenvalue weighted by Gasteiger charge is -2.07. The number of rotatable bonds is 9. The molecule has 1 atom stereocenters. The molecule has 2 aromatic rings. The van der Waals surface area contributed by atoms with E-state index in [0.29, 0.717) is 5.76 Å². The molecule has 0 saturated carbocycles. The minimum Gasteiger partial charge on any atom is -0.457 e. The molecule has 2 rings (SSSR count). The molecule has 0 spiro atoms. The van der Waals surface area contributed by atoms with E-state index in [1.165, 1.54) is 38.5 Å². The first-order valence-corrected chi connectivity index (χ1v) is 8.87. The predicted octanol–water partition coefficient (Wildman–Crippen LogP) is 6.37. The van der Waals surface area contributed by atoms with E-state index in [0.717, 1.165) is 28.3 Å². The highest BCUT2D eigenvalue weighted by molar-refractivity contribution is 9.10. The van der Waals surface area contributed by atoms with Crippen molar-refractivity contribution in [2.45, 2.75) is 64.4 Å². The second-order valence-corrected chi connectivity index (χ2v) is 6.59. The van der Waals surface area contributed by atoms with Crippen molar-refractivity contribution in [1.29, 1.82) is 0 Å². The Kier molecular flexibility index (Phi) is 6.78. The van der Waals surface area contributed by atoms with Crippen LogP contribution >= 0.6 is 15.9 Å². The number of furan rings is 1. The van der Waals surface area contributed by atoms with Crippen LogP contribution in [0.5, 0.6) is 0 Å². The van der Waals surface area contributed by atoms with Crippen LogP contribution in [0.15, 0.2) is 33.2 Å². The molecule has 2 nitrogen and oxygen atoms in total. The summed E-state index contributed by atoms with van der Waals surface area (Å²) in [7, 11) is 0. The lowest BCUT2D eigenvalue weighted by Crippen LogP contribution is -1.95. The maximum atomic E-state index is 10.2. The van der Waals surface area contributed by atoms with Gasteiger partial charge in [0.2, 0.25) is 0 Å². The SMILES string of the molecule is CCCCCCCCCC(O)c1cc2cccc(Br)c2o1. The lowest BCUT2D eigenvalue weighted by atomic mass is 10.1. The summed E-state index contributed by atoms with van der Waals surface area (Å²) in [6, 6.07) is 7.90. The van der Waals surface area contributed by atoms with Crippen LogP contribution in [-0.4, -0.2) is 5.11 Å². The molecule has 0 radical (unpaired) electrons. The smallest absolute Gasteiger partial charge is 0.148 e. The molecule has 116 valence electrons. The molecule has 1 unspecified atom stereocenters. The van der Waals surface area contributed by atoms with Crippen molar-refractivity contribution in [3.8, 4) is 0 Å². The van der Waals surface area contributed by atoms with Gasteiger partial charge in [0.15, 0.2) is 0 Å². The Balaban J connectivity index is 1.77. The number of para-hydroxylation sites is 1. The molecule has 0 aliphatic heterocycles. The Morgan fingerprint density at radius 1 is 1.10 bits per heavy atom. The zero-order valence-electron chi connectivity index (χ0n) is 12.8. The van der Waals surface area contributed by atoms with Gasteiger partial charge in [0.05, 0.1) is 4.47 Å². The number of fused-ring (bicyclic) bond motifs is 1. The van der Waals surface area contributed by atoms with Crippen LogP contribution in [0.25, 0.3) is 11.0 Å². The molecule has 0 fully saturated rings. The molecule has 0 saturated heterocycles. The molecule has 1 aromatic carbocycles. The van der Waals surface area contributed by atoms with Crippen LogP contribution in [0, 0.1) is 0 Å². The highest BCUT2D eigenvalue weighted by Gasteiger charge is 2.14. The summed E-state index contributed by atoms with van der Waals surface area (Å²) in [6.45, 7) is 2.24. The number of hydrogen-bond donors (Lipinski definition) is 1. The van der Waals surface area contributed by atoms with Crippen LogP contribution in [0.2, 0.25) is 0 Å². The molecule has 0 amide bonds. The van der Waals surface area contributed by atoms with Crippen LogP contribution < -0.4 is 0 Å². The quantitative estimate of drug-likeness (QED) is 0.532. The molecule has 1 heterocycles. The maximum Gasteiger partial charge on any atom is 0.148 e. The van der Waals surface area contributed by atoms with Gasteiger partial charge in [0.1, 0.15) is 17.4 Å². The lowest BCUT2D eigenvalue weighted by molar-refractivity contribution is 0.139. The minimum atomic E-state index is -0.486. The topological polar surface area (TPSA) is 33.4 Å². The molecule has 0 bridgehead atoms. The van der Waals surface area contributed by atoms with Gasteiger partial charge in [0, 0.05) is 5.39 Å². The summed E-state index contributed by atoms with van der Waals surface area (Å²) in [5.74, 6) is 0.683. The Hall–Kier alpha value is -0.800. The van der Waals surface area contributed by atoms with Gasteiger partial charge in [-0.3, -0.25) is 0 Å². The maximum absolute atomic E-state index is 10.2. The van der Waals surface area contributed by atoms with Crippen molar-refractivity contribution < 1.29 is 9.52 Å². The van der Waals surface area contributed by atoms with Crippen LogP contribution in [0.4, 0.5) is 0 Å². The van der Waals surface area contributed by atoms with Gasteiger partial charge in [-0.25, -0.2) is 0 Å². The summed E-state index contributed by atoms with van der Waals surface area (Å²) >= 11 is 3.48. The fourth-order valence-corrected chi connectivity index (χ4v) is 3.11. The Morgan fingerprint density at radius 2 is 1.81 bits per heavy atom. The van der Waals surface area contributed by atoms with Gasteiger partial charge < -0.3 is 9.52 Å². The van der Waals surface area contributed by atoms with E-state index >= 15 is 0 Å². The number of benzene rings is 1. The van der Waals surface area contributed by atoms with Gasteiger partial charge >= 0.3 is 0 Å². The summed E-state index contributed by atoms with van der Waals surface area (Å²) in [5, 5.41) is 11.3. The molecule has 1 aromatic heterocycles. The van der Waals surface area contributed by atoms with Crippen molar-refractivity contribution in [2.24, 2.45) is 0 Å². The van der Waals surface area contributed by atoms with Gasteiger partial charge in [-0.1, -0.05) is 64.0 Å². The van der Waals surface area contributed by atoms with Gasteiger partial charge in [0.25, 0.3) is 0 Å². The van der Waals surface area contributed by atoms with Crippen LogP contribution in [0.3, 0.4) is 0 Å². The molecule has 3 heteroatoms. The molecular formula is C18H25BrO2. The van der Waals surface area contributed by atoms with Crippen molar-refractivity contribution in [3.05, 3.63) is 34.5 Å². The number of unbranched alkanes of at least 4 members (excludes halogenated alkanes) is 6. The van der Waals surface area contributed by atoms with E-state index in [9.17, 15) is 5.11 Å². The highest BCUT2D eigenvalue weighted by Crippen LogP contribution is 2.31. The van der Waals surface area contributed by atoms with E-state index in [1.54, 1.807) is 0 Å². The Labute approximate surface area is 135 Å². The Bertz CT molecular complexity index is 547. The minimum absolute atomic E-state index is 0.486. The Morgan fingerprint density at radius 3 is 2.52 bits per heavy atom. The first kappa shape index (κ1) is 16.6. The number of halogens is 1. The standard InChI is InChI=1S/C18H25BrO2/c1-2-3-4-5-6-7-8-12-16(20)17-13-14-10-9-11-15(19)18(14)21-17/h9-11,13,16,20H,2-8,12H2,1H3. The van der Waals surface area contributed by atoms with Crippen LogP contribution in [-0.2, 0) is 0 Å². The van der Waals surface area contributed by atoms with Crippen LogP contribution in [0.1, 0.15) is 70.2 Å². The monoisotopic (exact) mass is 352 g/mol. The molecule has 1 N–H and O–H groups in total. The number of aliphatic hydroxyl groups is 1. The first-order valence-electron chi connectivity index (χ1n) is 8.08. The molecule has 0 aliphatic carbocycles. The van der Waals surface area contributed by atoms with Crippen molar-refractivity contribution in [2.75, 3.05) is 0 Å². The van der Waals surface area contributed by atoms with E-state index in [2.05, 4.69) is 22.9 Å². The molecular weight excluding hydrogens is 328 g/mol. The van der Waals surface area contributed by atoms with Crippen molar-refractivity contribution in [1.82, 2.24) is 0 Å². The summed E-state index contributed by atoms with van der Waals surface area (Å²) in [4.78, 5) is 0. The first-order chi connectivity index (χ1) is 10.2. The largest absolute Gasteiger partial charge is 0.457 e. The average Bonchev–Trinajstić information content (AvgIpc) is 2.92. The normalized spacial score (nSPS) is 12.9. The predicted molar refractivity (Wildman–Crippen MR) is 91.5 cm³/mol. The van der Waals surface area contributed by atoms with E-state index < -0.39 is 6.10 Å². The van der Waals surface area contributed by atoms with Crippen molar-refractivity contribution >= 4 is 26.9 Å². The molecule has 21 heavy (non-hydrogen) atoms. The second-order valence-electron chi connectivity index (χ2n) is 5.73. The third-order valence-corrected chi connectivity index (χ3v) is 4.55. The van der Waals surface area contributed by atoms with Gasteiger partial charge in [-0.2, -0.15) is 0 Å². The van der Waals surface area contributed by atoms with E-state index in [4.69, 9.17) is 4.42 Å². The highest BCUT2D eigenvalue weighted by atomic mass is 79.9. The average molecular weight is 353 g/mol. The summed E-state index contributed by atoms with van der Waals surface area (Å²) < 4.78 is 6.71. The third-order valence-electron chi connectivity index (χ3n) is 3.92. The zero-order valence-corrected chi connectivity index (χ0v) is 14.4. The number of hydrogen-bond acceptors (Lipinski definition) is 2. The fraction of sp³-hybridized carbons (Fsp3) is 0.556. The summed E-state index contributed by atoms with van der Waals surface area (Å²) in [5.41, 5.74) is 0.825. The number of aliphatic hydroxyl groups excluding tert-OH is 1. The zero-order chi connectivity index (χ0) is 15.1. The van der Waals surface area contributed by atoms with Gasteiger partial charge in [-0.05, 0) is 34.5 Å². The second kappa shape index (κ2) is 8.60. The van der Waals surface area contributed by atoms with E-state index in [-0.39, 0.29) is 0 Å².